The topological polar surface area (TPSA) is 78.2 Å². The quantitative estimate of drug-likeness (QED) is 0.654. The van der Waals surface area contributed by atoms with Gasteiger partial charge in [-0.15, -0.1) is 0 Å². The standard InChI is InChI=1S/C14H12N2O3/c17-10-3-1-9(2-4-10)8-16-13-6-5-11(18)7-12(13)15-14(16)19/h1-7,17-18H,8H2,(H,15,19). The molecular weight excluding hydrogens is 244 g/mol. The number of phenols is 2. The number of hydrogen-bond donors (Lipinski definition) is 3. The smallest absolute Gasteiger partial charge is 0.326 e. The molecule has 0 radical (unpaired) electrons. The van der Waals surface area contributed by atoms with Crippen LogP contribution in [0.1, 0.15) is 5.56 Å². The van der Waals surface area contributed by atoms with Crippen molar-refractivity contribution >= 4 is 11.0 Å². The van der Waals surface area contributed by atoms with Crippen molar-refractivity contribution in [2.24, 2.45) is 0 Å². The van der Waals surface area contributed by atoms with Gasteiger partial charge in [0, 0.05) is 6.07 Å². The molecule has 0 aliphatic carbocycles. The number of rotatable bonds is 2. The van der Waals surface area contributed by atoms with E-state index in [4.69, 9.17) is 0 Å². The molecule has 5 nitrogen and oxygen atoms in total. The molecular formula is C14H12N2O3. The Morgan fingerprint density at radius 3 is 2.42 bits per heavy atom. The van der Waals surface area contributed by atoms with Crippen molar-refractivity contribution < 1.29 is 10.2 Å². The average molecular weight is 256 g/mol. The first kappa shape index (κ1) is 11.4. The van der Waals surface area contributed by atoms with Gasteiger partial charge in [0.2, 0.25) is 0 Å². The predicted molar refractivity (Wildman–Crippen MR) is 71.4 cm³/mol. The Hall–Kier alpha value is -2.69. The highest BCUT2D eigenvalue weighted by Crippen LogP contribution is 2.18. The average Bonchev–Trinajstić information content (AvgIpc) is 2.68. The van der Waals surface area contributed by atoms with E-state index in [1.807, 2.05) is 0 Å². The number of benzene rings is 2. The van der Waals surface area contributed by atoms with Gasteiger partial charge in [-0.25, -0.2) is 4.79 Å². The molecule has 2 aromatic carbocycles. The highest BCUT2D eigenvalue weighted by Gasteiger charge is 2.07. The largest absolute Gasteiger partial charge is 0.508 e. The van der Waals surface area contributed by atoms with Crippen molar-refractivity contribution in [1.82, 2.24) is 9.55 Å². The Balaban J connectivity index is 2.07. The third-order valence-corrected chi connectivity index (χ3v) is 3.03. The molecule has 1 aromatic heterocycles. The van der Waals surface area contributed by atoms with Crippen LogP contribution in [0.3, 0.4) is 0 Å². The number of aromatic amines is 1. The Bertz CT molecular complexity index is 785. The van der Waals surface area contributed by atoms with E-state index >= 15 is 0 Å². The van der Waals surface area contributed by atoms with Crippen LogP contribution in [0.5, 0.6) is 11.5 Å². The van der Waals surface area contributed by atoms with Crippen molar-refractivity contribution in [3.8, 4) is 11.5 Å². The summed E-state index contributed by atoms with van der Waals surface area (Å²) in [5, 5.41) is 18.6. The molecule has 0 fully saturated rings. The zero-order valence-electron chi connectivity index (χ0n) is 10.00. The third kappa shape index (κ3) is 2.06. The number of H-pyrrole nitrogens is 1. The number of phenolic OH excluding ortho intramolecular Hbond substituents is 2. The third-order valence-electron chi connectivity index (χ3n) is 3.03. The zero-order valence-corrected chi connectivity index (χ0v) is 10.00. The number of aromatic hydroxyl groups is 2. The first-order chi connectivity index (χ1) is 9.13. The van der Waals surface area contributed by atoms with Gasteiger partial charge in [-0.2, -0.15) is 0 Å². The number of nitrogens with one attached hydrogen (secondary N) is 1. The van der Waals surface area contributed by atoms with E-state index < -0.39 is 0 Å². The van der Waals surface area contributed by atoms with Gasteiger partial charge in [0.25, 0.3) is 0 Å². The van der Waals surface area contributed by atoms with Crippen LogP contribution in [0.15, 0.2) is 47.3 Å². The maximum atomic E-state index is 11.9. The lowest BCUT2D eigenvalue weighted by molar-refractivity contribution is 0.474. The Morgan fingerprint density at radius 1 is 1.00 bits per heavy atom. The van der Waals surface area contributed by atoms with Crippen molar-refractivity contribution in [1.29, 1.82) is 0 Å². The fourth-order valence-electron chi connectivity index (χ4n) is 2.09. The number of hydrogen-bond acceptors (Lipinski definition) is 3. The van der Waals surface area contributed by atoms with Crippen LogP contribution >= 0.6 is 0 Å². The molecule has 0 unspecified atom stereocenters. The molecule has 0 atom stereocenters. The number of imidazole rings is 1. The second kappa shape index (κ2) is 4.20. The van der Waals surface area contributed by atoms with Crippen LogP contribution in [-0.4, -0.2) is 19.8 Å². The molecule has 1 heterocycles. The molecule has 19 heavy (non-hydrogen) atoms. The van der Waals surface area contributed by atoms with Gasteiger partial charge in [0.15, 0.2) is 0 Å². The monoisotopic (exact) mass is 256 g/mol. The van der Waals surface area contributed by atoms with Crippen molar-refractivity contribution in [2.45, 2.75) is 6.54 Å². The highest BCUT2D eigenvalue weighted by atomic mass is 16.3. The summed E-state index contributed by atoms with van der Waals surface area (Å²) in [7, 11) is 0. The molecule has 5 heteroatoms. The Morgan fingerprint density at radius 2 is 1.68 bits per heavy atom. The van der Waals surface area contributed by atoms with Gasteiger partial charge in [-0.05, 0) is 29.8 Å². The van der Waals surface area contributed by atoms with Crippen molar-refractivity contribution in [3.05, 3.63) is 58.5 Å². The van der Waals surface area contributed by atoms with E-state index in [0.717, 1.165) is 11.1 Å². The lowest BCUT2D eigenvalue weighted by Gasteiger charge is -2.04. The van der Waals surface area contributed by atoms with Crippen LogP contribution in [0.25, 0.3) is 11.0 Å². The van der Waals surface area contributed by atoms with E-state index in [1.54, 1.807) is 41.0 Å². The summed E-state index contributed by atoms with van der Waals surface area (Å²) < 4.78 is 1.58. The molecule has 0 saturated carbocycles. The minimum Gasteiger partial charge on any atom is -0.508 e. The summed E-state index contributed by atoms with van der Waals surface area (Å²) >= 11 is 0. The van der Waals surface area contributed by atoms with Crippen LogP contribution < -0.4 is 5.69 Å². The molecule has 0 spiro atoms. The number of fused-ring (bicyclic) bond motifs is 1. The first-order valence-electron chi connectivity index (χ1n) is 5.83. The molecule has 0 amide bonds. The summed E-state index contributed by atoms with van der Waals surface area (Å²) in [5.41, 5.74) is 2.02. The first-order valence-corrected chi connectivity index (χ1v) is 5.83. The molecule has 3 aromatic rings. The van der Waals surface area contributed by atoms with E-state index in [1.165, 1.54) is 6.07 Å². The van der Waals surface area contributed by atoms with Gasteiger partial charge >= 0.3 is 5.69 Å². The van der Waals surface area contributed by atoms with Crippen molar-refractivity contribution in [3.63, 3.8) is 0 Å². The van der Waals surface area contributed by atoms with Crippen LogP contribution in [-0.2, 0) is 6.54 Å². The second-order valence-electron chi connectivity index (χ2n) is 4.38. The molecule has 96 valence electrons. The van der Waals surface area contributed by atoms with E-state index in [0.29, 0.717) is 12.1 Å². The molecule has 0 bridgehead atoms. The number of aromatic nitrogens is 2. The fraction of sp³-hybridized carbons (Fsp3) is 0.0714. The van der Waals surface area contributed by atoms with Crippen LogP contribution in [0, 0.1) is 0 Å². The highest BCUT2D eigenvalue weighted by molar-refractivity contribution is 5.76. The SMILES string of the molecule is O=c1[nH]c2cc(O)ccc2n1Cc1ccc(O)cc1. The van der Waals surface area contributed by atoms with Crippen LogP contribution in [0.4, 0.5) is 0 Å². The van der Waals surface area contributed by atoms with Crippen molar-refractivity contribution in [2.75, 3.05) is 0 Å². The lowest BCUT2D eigenvalue weighted by atomic mass is 10.2. The van der Waals surface area contributed by atoms with Gasteiger partial charge in [-0.3, -0.25) is 4.57 Å². The van der Waals surface area contributed by atoms with Gasteiger partial charge in [-0.1, -0.05) is 12.1 Å². The molecule has 0 saturated heterocycles. The number of nitrogens with zero attached hydrogens (tertiary/aromatic N) is 1. The van der Waals surface area contributed by atoms with E-state index in [2.05, 4.69) is 4.98 Å². The molecule has 3 rings (SSSR count). The van der Waals surface area contributed by atoms with Gasteiger partial charge in [0.05, 0.1) is 17.6 Å². The summed E-state index contributed by atoms with van der Waals surface area (Å²) in [4.78, 5) is 14.6. The Kier molecular flexibility index (Phi) is 2.52. The summed E-state index contributed by atoms with van der Waals surface area (Å²) in [6.45, 7) is 0.407. The lowest BCUT2D eigenvalue weighted by Crippen LogP contribution is -2.17. The fourth-order valence-corrected chi connectivity index (χ4v) is 2.09. The summed E-state index contributed by atoms with van der Waals surface area (Å²) in [6.07, 6.45) is 0. The molecule has 3 N–H and O–H groups in total. The summed E-state index contributed by atoms with van der Waals surface area (Å²) in [5.74, 6) is 0.311. The van der Waals surface area contributed by atoms with E-state index in [9.17, 15) is 15.0 Å². The van der Waals surface area contributed by atoms with Gasteiger partial charge in [0.1, 0.15) is 11.5 Å². The predicted octanol–water partition coefficient (Wildman–Crippen LogP) is 1.79. The van der Waals surface area contributed by atoms with Gasteiger partial charge < -0.3 is 15.2 Å². The minimum atomic E-state index is -0.228. The minimum absolute atomic E-state index is 0.116. The maximum absolute atomic E-state index is 11.9. The Labute approximate surface area is 108 Å². The van der Waals surface area contributed by atoms with E-state index in [-0.39, 0.29) is 17.2 Å². The molecule has 0 aliphatic heterocycles. The van der Waals surface area contributed by atoms with Crippen LogP contribution in [0.2, 0.25) is 0 Å². The second-order valence-corrected chi connectivity index (χ2v) is 4.38. The summed E-state index contributed by atoms with van der Waals surface area (Å²) in [6, 6.07) is 11.5. The molecule has 0 aliphatic rings. The normalized spacial score (nSPS) is 10.9. The zero-order chi connectivity index (χ0) is 13.4. The maximum Gasteiger partial charge on any atom is 0.326 e.